The summed E-state index contributed by atoms with van der Waals surface area (Å²) in [5.41, 5.74) is 0.981. The minimum absolute atomic E-state index is 0.318. The van der Waals surface area contributed by atoms with Crippen LogP contribution in [0.15, 0.2) is 54.6 Å². The first-order valence-electron chi connectivity index (χ1n) is 8.29. The van der Waals surface area contributed by atoms with E-state index >= 15 is 0 Å². The maximum atomic E-state index is 12.5. The monoisotopic (exact) mass is 387 g/mol. The summed E-state index contributed by atoms with van der Waals surface area (Å²) in [6, 6.07) is 17.1. The number of carbonyl (C=O) groups is 2. The van der Waals surface area contributed by atoms with Gasteiger partial charge in [0.1, 0.15) is 4.88 Å². The van der Waals surface area contributed by atoms with Gasteiger partial charge in [-0.15, -0.1) is 11.3 Å². The predicted molar refractivity (Wildman–Crippen MR) is 105 cm³/mol. The summed E-state index contributed by atoms with van der Waals surface area (Å²) >= 11 is 7.58. The summed E-state index contributed by atoms with van der Waals surface area (Å²) in [5.74, 6) is -0.889. The molecule has 2 aromatic carbocycles. The van der Waals surface area contributed by atoms with E-state index in [1.165, 1.54) is 11.3 Å². The Morgan fingerprint density at radius 1 is 1.12 bits per heavy atom. The van der Waals surface area contributed by atoms with Gasteiger partial charge in [-0.1, -0.05) is 67.1 Å². The molecular formula is C20H18ClNO3S. The number of halogens is 1. The molecule has 0 saturated heterocycles. The molecule has 134 valence electrons. The molecule has 0 bridgehead atoms. The Morgan fingerprint density at radius 2 is 1.81 bits per heavy atom. The van der Waals surface area contributed by atoms with E-state index in [1.54, 1.807) is 6.92 Å². The minimum Gasteiger partial charge on any atom is -0.448 e. The summed E-state index contributed by atoms with van der Waals surface area (Å²) in [6.07, 6.45) is -0.470. The number of hydrogen-bond donors (Lipinski definition) is 1. The van der Waals surface area contributed by atoms with Crippen molar-refractivity contribution < 1.29 is 14.3 Å². The van der Waals surface area contributed by atoms with Crippen LogP contribution in [0.1, 0.15) is 28.6 Å². The number of rotatable bonds is 6. The molecule has 6 heteroatoms. The lowest BCUT2D eigenvalue weighted by Crippen LogP contribution is -2.37. The highest BCUT2D eigenvalue weighted by Gasteiger charge is 2.25. The highest BCUT2D eigenvalue weighted by Crippen LogP contribution is 2.35. The molecule has 1 amide bonds. The molecule has 1 N–H and O–H groups in total. The van der Waals surface area contributed by atoms with Crippen molar-refractivity contribution >= 4 is 44.9 Å². The van der Waals surface area contributed by atoms with E-state index in [2.05, 4.69) is 5.32 Å². The molecule has 1 atom stereocenters. The molecule has 0 aliphatic carbocycles. The molecule has 4 nitrogen and oxygen atoms in total. The number of hydrogen-bond acceptors (Lipinski definition) is 4. The fourth-order valence-electron chi connectivity index (χ4n) is 2.55. The molecule has 0 saturated carbocycles. The lowest BCUT2D eigenvalue weighted by atomic mass is 10.2. The van der Waals surface area contributed by atoms with Crippen LogP contribution in [0, 0.1) is 0 Å². The number of benzene rings is 2. The first-order valence-corrected chi connectivity index (χ1v) is 9.49. The second-order valence-electron chi connectivity index (χ2n) is 5.75. The van der Waals surface area contributed by atoms with Gasteiger partial charge in [0.05, 0.1) is 5.02 Å². The number of esters is 1. The van der Waals surface area contributed by atoms with Crippen molar-refractivity contribution in [2.75, 3.05) is 0 Å². The molecule has 3 rings (SSSR count). The van der Waals surface area contributed by atoms with Gasteiger partial charge in [-0.2, -0.15) is 0 Å². The van der Waals surface area contributed by atoms with Gasteiger partial charge in [-0.05, 0) is 18.1 Å². The Bertz CT molecular complexity index is 923. The van der Waals surface area contributed by atoms with Crippen LogP contribution in [-0.4, -0.2) is 18.0 Å². The molecule has 1 aromatic heterocycles. The van der Waals surface area contributed by atoms with E-state index in [9.17, 15) is 9.59 Å². The summed E-state index contributed by atoms with van der Waals surface area (Å²) < 4.78 is 6.33. The smallest absolute Gasteiger partial charge is 0.350 e. The second-order valence-corrected chi connectivity index (χ2v) is 7.18. The Morgan fingerprint density at radius 3 is 2.50 bits per heavy atom. The fourth-order valence-corrected chi connectivity index (χ4v) is 3.94. The fraction of sp³-hybridized carbons (Fsp3) is 0.200. The molecule has 0 aliphatic rings. The number of ether oxygens (including phenoxy) is 1. The molecule has 3 aromatic rings. The minimum atomic E-state index is -0.854. The summed E-state index contributed by atoms with van der Waals surface area (Å²) in [7, 11) is 0. The van der Waals surface area contributed by atoms with E-state index in [-0.39, 0.29) is 5.91 Å². The van der Waals surface area contributed by atoms with E-state index in [4.69, 9.17) is 16.3 Å². The number of fused-ring (bicyclic) bond motifs is 1. The van der Waals surface area contributed by atoms with Crippen molar-refractivity contribution in [3.8, 4) is 0 Å². The van der Waals surface area contributed by atoms with Crippen LogP contribution in [0.4, 0.5) is 0 Å². The Labute approximate surface area is 160 Å². The molecule has 0 spiro atoms. The Hall–Kier alpha value is -2.37. The normalized spacial score (nSPS) is 11.9. The van der Waals surface area contributed by atoms with Crippen LogP contribution in [0.2, 0.25) is 5.02 Å². The summed E-state index contributed by atoms with van der Waals surface area (Å²) in [5, 5.41) is 3.99. The number of carbonyl (C=O) groups excluding carboxylic acids is 2. The van der Waals surface area contributed by atoms with Gasteiger partial charge < -0.3 is 10.1 Å². The van der Waals surface area contributed by atoms with Gasteiger partial charge >= 0.3 is 5.97 Å². The van der Waals surface area contributed by atoms with Gasteiger partial charge in [0.25, 0.3) is 5.91 Å². The van der Waals surface area contributed by atoms with Crippen molar-refractivity contribution in [3.05, 3.63) is 70.1 Å². The van der Waals surface area contributed by atoms with Gasteiger partial charge in [0.15, 0.2) is 6.10 Å². The standard InChI is InChI=1S/C20H18ClNO3S/c1-2-15(19(23)22-12-13-8-4-3-5-9-13)25-20(24)18-17(21)14-10-6-7-11-16(14)26-18/h3-11,15H,2,12H2,1H3,(H,22,23). The van der Waals surface area contributed by atoms with E-state index in [1.807, 2.05) is 54.6 Å². The lowest BCUT2D eigenvalue weighted by Gasteiger charge is -2.15. The van der Waals surface area contributed by atoms with E-state index in [0.29, 0.717) is 22.9 Å². The third-order valence-corrected chi connectivity index (χ3v) is 5.60. The quantitative estimate of drug-likeness (QED) is 0.618. The van der Waals surface area contributed by atoms with Crippen LogP contribution in [0.25, 0.3) is 10.1 Å². The molecule has 1 unspecified atom stereocenters. The summed E-state index contributed by atoms with van der Waals surface area (Å²) in [4.78, 5) is 25.2. The van der Waals surface area contributed by atoms with Crippen molar-refractivity contribution in [1.82, 2.24) is 5.32 Å². The number of thiophene rings is 1. The third-order valence-electron chi connectivity index (χ3n) is 3.94. The lowest BCUT2D eigenvalue weighted by molar-refractivity contribution is -0.130. The van der Waals surface area contributed by atoms with Gasteiger partial charge in [-0.25, -0.2) is 4.79 Å². The Kier molecular flexibility index (Phi) is 5.91. The SMILES string of the molecule is CCC(OC(=O)c1sc2ccccc2c1Cl)C(=O)NCc1ccccc1. The molecular weight excluding hydrogens is 370 g/mol. The Balaban J connectivity index is 1.67. The first-order chi connectivity index (χ1) is 12.6. The van der Waals surface area contributed by atoms with Crippen LogP contribution >= 0.6 is 22.9 Å². The van der Waals surface area contributed by atoms with Crippen LogP contribution in [-0.2, 0) is 16.1 Å². The molecule has 26 heavy (non-hydrogen) atoms. The zero-order valence-corrected chi connectivity index (χ0v) is 15.8. The highest BCUT2D eigenvalue weighted by atomic mass is 35.5. The third kappa shape index (κ3) is 4.06. The first kappa shape index (κ1) is 18.4. The largest absolute Gasteiger partial charge is 0.448 e. The van der Waals surface area contributed by atoms with Gasteiger partial charge in [0.2, 0.25) is 0 Å². The predicted octanol–water partition coefficient (Wildman–Crippen LogP) is 4.81. The topological polar surface area (TPSA) is 55.4 Å². The van der Waals surface area contributed by atoms with Gasteiger partial charge in [-0.3, -0.25) is 4.79 Å². The van der Waals surface area contributed by atoms with Crippen molar-refractivity contribution in [2.45, 2.75) is 26.0 Å². The molecule has 0 aliphatic heterocycles. The maximum absolute atomic E-state index is 12.5. The van der Waals surface area contributed by atoms with Crippen molar-refractivity contribution in [2.24, 2.45) is 0 Å². The maximum Gasteiger partial charge on any atom is 0.350 e. The summed E-state index contributed by atoms with van der Waals surface area (Å²) in [6.45, 7) is 2.18. The van der Waals surface area contributed by atoms with Crippen LogP contribution in [0.5, 0.6) is 0 Å². The van der Waals surface area contributed by atoms with Crippen LogP contribution in [0.3, 0.4) is 0 Å². The zero-order valence-electron chi connectivity index (χ0n) is 14.2. The number of amides is 1. The van der Waals surface area contributed by atoms with Gasteiger partial charge in [0, 0.05) is 16.6 Å². The molecule has 1 heterocycles. The highest BCUT2D eigenvalue weighted by molar-refractivity contribution is 7.21. The molecule has 0 fully saturated rings. The average Bonchev–Trinajstić information content (AvgIpc) is 3.02. The van der Waals surface area contributed by atoms with E-state index in [0.717, 1.165) is 15.6 Å². The zero-order chi connectivity index (χ0) is 18.5. The van der Waals surface area contributed by atoms with E-state index < -0.39 is 12.1 Å². The molecule has 0 radical (unpaired) electrons. The number of nitrogens with one attached hydrogen (secondary N) is 1. The van der Waals surface area contributed by atoms with Crippen LogP contribution < -0.4 is 5.32 Å². The van der Waals surface area contributed by atoms with Crippen molar-refractivity contribution in [1.29, 1.82) is 0 Å². The average molecular weight is 388 g/mol. The second kappa shape index (κ2) is 8.34. The van der Waals surface area contributed by atoms with Crippen molar-refractivity contribution in [3.63, 3.8) is 0 Å².